The average Bonchev–Trinajstić information content (AvgIpc) is 2.83. The van der Waals surface area contributed by atoms with E-state index >= 15 is 0 Å². The normalized spacial score (nSPS) is 20.9. The number of rotatable bonds is 11. The Kier molecular flexibility index (Phi) is 8.16. The molecule has 4 rings (SSSR count). The Hall–Kier alpha value is -2.93. The van der Waals surface area contributed by atoms with Crippen LogP contribution in [0.5, 0.6) is 0 Å². The van der Waals surface area contributed by atoms with Gasteiger partial charge < -0.3 is 20.5 Å². The number of carboxylic acids is 1. The standard InChI is InChI=1S/C27H35N3O4/c1-18(20-6-3-2-4-7-20)26(31)30-24(27(32)33)13-15-34-23-16-19(17-23)9-11-22-12-10-21-8-5-14-28-25(21)29-22/h2-4,6-7,10,12,18-19,23-24H,5,8-9,11,13-17H2,1H3,(H,28,29)(H,30,31)(H,32,33)/t18-,19?,23?,24-/m0/s1. The van der Waals surface area contributed by atoms with Gasteiger partial charge in [-0.25, -0.2) is 9.78 Å². The van der Waals surface area contributed by atoms with E-state index < -0.39 is 17.9 Å². The van der Waals surface area contributed by atoms with E-state index in [-0.39, 0.29) is 18.4 Å². The maximum Gasteiger partial charge on any atom is 0.326 e. The molecular weight excluding hydrogens is 430 g/mol. The van der Waals surface area contributed by atoms with Crippen molar-refractivity contribution >= 4 is 17.7 Å². The maximum absolute atomic E-state index is 12.5. The first kappa shape index (κ1) is 24.2. The van der Waals surface area contributed by atoms with Gasteiger partial charge in [0.15, 0.2) is 0 Å². The number of nitrogens with one attached hydrogen (secondary N) is 2. The van der Waals surface area contributed by atoms with E-state index in [1.54, 1.807) is 6.92 Å². The molecule has 3 N–H and O–H groups in total. The third kappa shape index (κ3) is 6.35. The van der Waals surface area contributed by atoms with Crippen molar-refractivity contribution in [2.75, 3.05) is 18.5 Å². The highest BCUT2D eigenvalue weighted by molar-refractivity contribution is 5.87. The molecular formula is C27H35N3O4. The SMILES string of the molecule is C[C@H](C(=O)N[C@@H](CCOC1CC(CCc2ccc3c(n2)NCCC3)C1)C(=O)O)c1ccccc1. The lowest BCUT2D eigenvalue weighted by atomic mass is 9.79. The van der Waals surface area contributed by atoms with Crippen LogP contribution in [-0.2, 0) is 27.2 Å². The largest absolute Gasteiger partial charge is 0.480 e. The number of benzene rings is 1. The van der Waals surface area contributed by atoms with Gasteiger partial charge in [-0.1, -0.05) is 36.4 Å². The van der Waals surface area contributed by atoms with Crippen molar-refractivity contribution in [3.63, 3.8) is 0 Å². The Morgan fingerprint density at radius 2 is 2.00 bits per heavy atom. The number of fused-ring (bicyclic) bond motifs is 1. The van der Waals surface area contributed by atoms with Gasteiger partial charge in [-0.3, -0.25) is 4.79 Å². The predicted octanol–water partition coefficient (Wildman–Crippen LogP) is 3.93. The molecule has 1 saturated carbocycles. The summed E-state index contributed by atoms with van der Waals surface area (Å²) in [6.45, 7) is 3.11. The van der Waals surface area contributed by atoms with Crippen LogP contribution in [0, 0.1) is 5.92 Å². The number of ether oxygens (including phenoxy) is 1. The second-order valence-electron chi connectivity index (χ2n) is 9.53. The van der Waals surface area contributed by atoms with Crippen molar-refractivity contribution in [3.8, 4) is 0 Å². The quantitative estimate of drug-likeness (QED) is 0.465. The lowest BCUT2D eigenvalue weighted by Crippen LogP contribution is -2.43. The Balaban J connectivity index is 1.14. The number of aromatic nitrogens is 1. The minimum Gasteiger partial charge on any atom is -0.480 e. The number of carboxylic acid groups (broad SMARTS) is 1. The van der Waals surface area contributed by atoms with E-state index in [0.717, 1.165) is 55.7 Å². The molecule has 1 aromatic carbocycles. The van der Waals surface area contributed by atoms with E-state index in [1.165, 1.54) is 12.0 Å². The van der Waals surface area contributed by atoms with Crippen LogP contribution in [0.3, 0.4) is 0 Å². The highest BCUT2D eigenvalue weighted by Gasteiger charge is 2.30. The van der Waals surface area contributed by atoms with Crippen LogP contribution in [0.15, 0.2) is 42.5 Å². The monoisotopic (exact) mass is 465 g/mol. The number of aryl methyl sites for hydroxylation is 2. The number of anilines is 1. The molecule has 2 aliphatic rings. The fourth-order valence-corrected chi connectivity index (χ4v) is 4.71. The molecule has 2 heterocycles. The van der Waals surface area contributed by atoms with Gasteiger partial charge in [0.05, 0.1) is 12.0 Å². The van der Waals surface area contributed by atoms with E-state index in [0.29, 0.717) is 12.5 Å². The van der Waals surface area contributed by atoms with Gasteiger partial charge in [-0.05, 0) is 68.6 Å². The molecule has 0 radical (unpaired) electrons. The van der Waals surface area contributed by atoms with E-state index in [9.17, 15) is 14.7 Å². The Morgan fingerprint density at radius 1 is 1.21 bits per heavy atom. The number of pyridine rings is 1. The Bertz CT molecular complexity index is 975. The number of aliphatic carboxylic acids is 1. The van der Waals surface area contributed by atoms with Gasteiger partial charge in [-0.15, -0.1) is 0 Å². The van der Waals surface area contributed by atoms with Crippen molar-refractivity contribution in [1.29, 1.82) is 0 Å². The fourth-order valence-electron chi connectivity index (χ4n) is 4.71. The van der Waals surface area contributed by atoms with Crippen molar-refractivity contribution in [2.45, 2.75) is 69.9 Å². The number of carbonyl (C=O) groups is 2. The van der Waals surface area contributed by atoms with Crippen LogP contribution in [0.25, 0.3) is 0 Å². The van der Waals surface area contributed by atoms with Crippen LogP contribution in [0.4, 0.5) is 5.82 Å². The van der Waals surface area contributed by atoms with Crippen molar-refractivity contribution in [3.05, 3.63) is 59.3 Å². The van der Waals surface area contributed by atoms with E-state index in [1.807, 2.05) is 30.3 Å². The summed E-state index contributed by atoms with van der Waals surface area (Å²) in [5.74, 6) is -0.0462. The summed E-state index contributed by atoms with van der Waals surface area (Å²) in [6, 6.07) is 12.8. The third-order valence-electron chi connectivity index (χ3n) is 7.02. The topological polar surface area (TPSA) is 101 Å². The number of nitrogens with zero attached hydrogens (tertiary/aromatic N) is 1. The number of hydrogen-bond donors (Lipinski definition) is 3. The highest BCUT2D eigenvalue weighted by Crippen LogP contribution is 2.34. The van der Waals surface area contributed by atoms with Crippen molar-refractivity contribution in [1.82, 2.24) is 10.3 Å². The molecule has 34 heavy (non-hydrogen) atoms. The molecule has 0 spiro atoms. The summed E-state index contributed by atoms with van der Waals surface area (Å²) >= 11 is 0. The minimum absolute atomic E-state index is 0.177. The predicted molar refractivity (Wildman–Crippen MR) is 131 cm³/mol. The van der Waals surface area contributed by atoms with Crippen LogP contribution in [0.1, 0.15) is 61.8 Å². The molecule has 7 nitrogen and oxygen atoms in total. The summed E-state index contributed by atoms with van der Waals surface area (Å²) < 4.78 is 5.90. The van der Waals surface area contributed by atoms with Gasteiger partial charge in [0.1, 0.15) is 11.9 Å². The van der Waals surface area contributed by atoms with Crippen LogP contribution in [-0.4, -0.2) is 47.3 Å². The summed E-state index contributed by atoms with van der Waals surface area (Å²) in [5.41, 5.74) is 3.32. The van der Waals surface area contributed by atoms with Crippen molar-refractivity contribution < 1.29 is 19.4 Å². The minimum atomic E-state index is -1.03. The van der Waals surface area contributed by atoms with Crippen molar-refractivity contribution in [2.24, 2.45) is 5.92 Å². The average molecular weight is 466 g/mol. The van der Waals surface area contributed by atoms with Gasteiger partial charge in [0.2, 0.25) is 5.91 Å². The molecule has 1 amide bonds. The summed E-state index contributed by atoms with van der Waals surface area (Å²) in [5, 5.41) is 15.6. The van der Waals surface area contributed by atoms with Crippen LogP contribution < -0.4 is 10.6 Å². The van der Waals surface area contributed by atoms with Gasteiger partial charge >= 0.3 is 5.97 Å². The number of carbonyl (C=O) groups excluding carboxylic acids is 1. The zero-order chi connectivity index (χ0) is 23.9. The van der Waals surface area contributed by atoms with Gasteiger partial charge in [0, 0.05) is 25.3 Å². The highest BCUT2D eigenvalue weighted by atomic mass is 16.5. The molecule has 1 aliphatic heterocycles. The van der Waals surface area contributed by atoms with Gasteiger partial charge in [-0.2, -0.15) is 0 Å². The second-order valence-corrected chi connectivity index (χ2v) is 9.53. The number of hydrogen-bond acceptors (Lipinski definition) is 5. The zero-order valence-corrected chi connectivity index (χ0v) is 19.8. The summed E-state index contributed by atoms with van der Waals surface area (Å²) in [7, 11) is 0. The first-order valence-electron chi connectivity index (χ1n) is 12.4. The first-order valence-corrected chi connectivity index (χ1v) is 12.4. The maximum atomic E-state index is 12.5. The summed E-state index contributed by atoms with van der Waals surface area (Å²) in [4.78, 5) is 28.9. The Labute approximate surface area is 201 Å². The van der Waals surface area contributed by atoms with Crippen LogP contribution >= 0.6 is 0 Å². The van der Waals surface area contributed by atoms with Gasteiger partial charge in [0.25, 0.3) is 0 Å². The van der Waals surface area contributed by atoms with Crippen LogP contribution in [0.2, 0.25) is 0 Å². The first-order chi connectivity index (χ1) is 16.5. The lowest BCUT2D eigenvalue weighted by Gasteiger charge is -2.35. The zero-order valence-electron chi connectivity index (χ0n) is 19.8. The molecule has 0 bridgehead atoms. The molecule has 0 saturated heterocycles. The summed E-state index contributed by atoms with van der Waals surface area (Å²) in [6.07, 6.45) is 6.78. The van der Waals surface area contributed by atoms with E-state index in [4.69, 9.17) is 9.72 Å². The fraction of sp³-hybridized carbons (Fsp3) is 0.519. The molecule has 182 valence electrons. The molecule has 1 fully saturated rings. The molecule has 1 aliphatic carbocycles. The smallest absolute Gasteiger partial charge is 0.326 e. The van der Waals surface area contributed by atoms with E-state index in [2.05, 4.69) is 22.8 Å². The molecule has 7 heteroatoms. The Morgan fingerprint density at radius 3 is 2.76 bits per heavy atom. The molecule has 0 unspecified atom stereocenters. The molecule has 2 atom stereocenters. The number of amides is 1. The molecule has 1 aromatic heterocycles. The second kappa shape index (κ2) is 11.5. The lowest BCUT2D eigenvalue weighted by molar-refractivity contribution is -0.143. The third-order valence-corrected chi connectivity index (χ3v) is 7.02. The molecule has 2 aromatic rings.